The van der Waals surface area contributed by atoms with Gasteiger partial charge in [0, 0.05) is 0 Å². The SMILES string of the molecule is CCCCCCCCOc1ccc2cc(O)ccc2c1. The largest absolute Gasteiger partial charge is 0.508 e. The molecule has 2 rings (SSSR count). The van der Waals surface area contributed by atoms with Crippen LogP contribution in [0.1, 0.15) is 45.4 Å². The smallest absolute Gasteiger partial charge is 0.119 e. The summed E-state index contributed by atoms with van der Waals surface area (Å²) >= 11 is 0. The van der Waals surface area contributed by atoms with E-state index < -0.39 is 0 Å². The first-order valence-corrected chi connectivity index (χ1v) is 7.65. The van der Waals surface area contributed by atoms with Crippen molar-refractivity contribution in [2.45, 2.75) is 45.4 Å². The predicted octanol–water partition coefficient (Wildman–Crippen LogP) is 5.28. The van der Waals surface area contributed by atoms with Gasteiger partial charge in [-0.15, -0.1) is 0 Å². The first kappa shape index (κ1) is 14.7. The van der Waals surface area contributed by atoms with E-state index in [1.54, 1.807) is 12.1 Å². The van der Waals surface area contributed by atoms with Gasteiger partial charge >= 0.3 is 0 Å². The van der Waals surface area contributed by atoms with Crippen molar-refractivity contribution in [3.63, 3.8) is 0 Å². The summed E-state index contributed by atoms with van der Waals surface area (Å²) in [6.45, 7) is 3.03. The topological polar surface area (TPSA) is 29.5 Å². The second kappa shape index (κ2) is 7.78. The van der Waals surface area contributed by atoms with Crippen molar-refractivity contribution in [2.75, 3.05) is 6.61 Å². The number of hydrogen-bond donors (Lipinski definition) is 1. The zero-order valence-electron chi connectivity index (χ0n) is 12.3. The molecule has 0 spiro atoms. The van der Waals surface area contributed by atoms with Gasteiger partial charge in [0.25, 0.3) is 0 Å². The summed E-state index contributed by atoms with van der Waals surface area (Å²) in [5.41, 5.74) is 0. The van der Waals surface area contributed by atoms with Crippen LogP contribution in [0.25, 0.3) is 10.8 Å². The molecule has 20 heavy (non-hydrogen) atoms. The number of benzene rings is 2. The Labute approximate surface area is 121 Å². The van der Waals surface area contributed by atoms with Crippen LogP contribution in [0.3, 0.4) is 0 Å². The highest BCUT2D eigenvalue weighted by molar-refractivity contribution is 5.85. The van der Waals surface area contributed by atoms with E-state index in [4.69, 9.17) is 4.74 Å². The number of rotatable bonds is 8. The zero-order valence-corrected chi connectivity index (χ0v) is 12.3. The van der Waals surface area contributed by atoms with E-state index in [0.29, 0.717) is 5.75 Å². The van der Waals surface area contributed by atoms with E-state index in [1.165, 1.54) is 32.1 Å². The Morgan fingerprint density at radius 1 is 0.850 bits per heavy atom. The van der Waals surface area contributed by atoms with Crippen LogP contribution in [0.15, 0.2) is 36.4 Å². The number of phenols is 1. The average molecular weight is 272 g/mol. The maximum absolute atomic E-state index is 9.43. The van der Waals surface area contributed by atoms with Crippen LogP contribution in [0.5, 0.6) is 11.5 Å². The van der Waals surface area contributed by atoms with Crippen LogP contribution in [-0.4, -0.2) is 11.7 Å². The lowest BCUT2D eigenvalue weighted by atomic mass is 10.1. The van der Waals surface area contributed by atoms with Crippen molar-refractivity contribution in [3.8, 4) is 11.5 Å². The highest BCUT2D eigenvalue weighted by atomic mass is 16.5. The average Bonchev–Trinajstić information content (AvgIpc) is 2.46. The number of unbranched alkanes of at least 4 members (excludes halogenated alkanes) is 5. The molecule has 0 saturated carbocycles. The molecule has 0 radical (unpaired) electrons. The third kappa shape index (κ3) is 4.44. The van der Waals surface area contributed by atoms with E-state index in [-0.39, 0.29) is 0 Å². The van der Waals surface area contributed by atoms with Gasteiger partial charge in [0.15, 0.2) is 0 Å². The lowest BCUT2D eigenvalue weighted by Gasteiger charge is -2.07. The molecular weight excluding hydrogens is 248 g/mol. The predicted molar refractivity (Wildman–Crippen MR) is 84.5 cm³/mol. The molecule has 0 aromatic heterocycles. The Balaban J connectivity index is 1.77. The Morgan fingerprint density at radius 2 is 1.55 bits per heavy atom. The summed E-state index contributed by atoms with van der Waals surface area (Å²) in [5.74, 6) is 1.22. The van der Waals surface area contributed by atoms with Crippen LogP contribution < -0.4 is 4.74 Å². The highest BCUT2D eigenvalue weighted by Crippen LogP contribution is 2.24. The quantitative estimate of drug-likeness (QED) is 0.662. The van der Waals surface area contributed by atoms with E-state index >= 15 is 0 Å². The molecule has 0 unspecified atom stereocenters. The number of aromatic hydroxyl groups is 1. The first-order chi connectivity index (χ1) is 9.79. The number of phenolic OH excluding ortho intramolecular Hbond substituents is 1. The molecule has 2 aromatic rings. The monoisotopic (exact) mass is 272 g/mol. The van der Waals surface area contributed by atoms with Gasteiger partial charge in [0.2, 0.25) is 0 Å². The molecule has 1 N–H and O–H groups in total. The number of fused-ring (bicyclic) bond motifs is 1. The standard InChI is InChI=1S/C18H24O2/c1-2-3-4-5-6-7-12-20-18-11-9-15-13-17(19)10-8-16(15)14-18/h8-11,13-14,19H,2-7,12H2,1H3. The van der Waals surface area contributed by atoms with Gasteiger partial charge in [-0.3, -0.25) is 0 Å². The van der Waals surface area contributed by atoms with E-state index in [0.717, 1.165) is 29.5 Å². The summed E-state index contributed by atoms with van der Waals surface area (Å²) in [4.78, 5) is 0. The minimum atomic E-state index is 0.304. The maximum Gasteiger partial charge on any atom is 0.119 e. The zero-order chi connectivity index (χ0) is 14.2. The molecule has 2 nitrogen and oxygen atoms in total. The molecule has 0 bridgehead atoms. The van der Waals surface area contributed by atoms with Gasteiger partial charge in [-0.2, -0.15) is 0 Å². The molecule has 0 fully saturated rings. The minimum absolute atomic E-state index is 0.304. The van der Waals surface area contributed by atoms with Crippen molar-refractivity contribution >= 4 is 10.8 Å². The third-order valence-corrected chi connectivity index (χ3v) is 3.56. The van der Waals surface area contributed by atoms with E-state index in [1.807, 2.05) is 24.3 Å². The fraction of sp³-hybridized carbons (Fsp3) is 0.444. The minimum Gasteiger partial charge on any atom is -0.508 e. The fourth-order valence-electron chi connectivity index (χ4n) is 2.37. The van der Waals surface area contributed by atoms with Crippen molar-refractivity contribution in [1.29, 1.82) is 0 Å². The fourth-order valence-corrected chi connectivity index (χ4v) is 2.37. The second-order valence-corrected chi connectivity index (χ2v) is 5.31. The van der Waals surface area contributed by atoms with Gasteiger partial charge < -0.3 is 9.84 Å². The molecule has 2 aromatic carbocycles. The highest BCUT2D eigenvalue weighted by Gasteiger charge is 1.99. The summed E-state index contributed by atoms with van der Waals surface area (Å²) in [7, 11) is 0. The summed E-state index contributed by atoms with van der Waals surface area (Å²) in [6, 6.07) is 11.4. The van der Waals surface area contributed by atoms with Crippen LogP contribution >= 0.6 is 0 Å². The molecule has 0 aliphatic carbocycles. The molecule has 108 valence electrons. The molecule has 0 saturated heterocycles. The van der Waals surface area contributed by atoms with Crippen LogP contribution in [0.2, 0.25) is 0 Å². The summed E-state index contributed by atoms with van der Waals surface area (Å²) < 4.78 is 5.79. The van der Waals surface area contributed by atoms with E-state index in [2.05, 4.69) is 6.92 Å². The Morgan fingerprint density at radius 3 is 2.40 bits per heavy atom. The molecule has 0 amide bonds. The molecule has 0 atom stereocenters. The van der Waals surface area contributed by atoms with Gasteiger partial charge in [-0.1, -0.05) is 51.2 Å². The second-order valence-electron chi connectivity index (χ2n) is 5.31. The number of hydrogen-bond acceptors (Lipinski definition) is 2. The molecule has 0 aliphatic heterocycles. The van der Waals surface area contributed by atoms with Gasteiger partial charge in [0.1, 0.15) is 11.5 Å². The Kier molecular flexibility index (Phi) is 5.72. The van der Waals surface area contributed by atoms with Gasteiger partial charge in [-0.05, 0) is 41.5 Å². The van der Waals surface area contributed by atoms with Gasteiger partial charge in [-0.25, -0.2) is 0 Å². The third-order valence-electron chi connectivity index (χ3n) is 3.56. The normalized spacial score (nSPS) is 10.8. The lowest BCUT2D eigenvalue weighted by molar-refractivity contribution is 0.305. The van der Waals surface area contributed by atoms with Crippen molar-refractivity contribution in [1.82, 2.24) is 0 Å². The van der Waals surface area contributed by atoms with Crippen molar-refractivity contribution in [2.24, 2.45) is 0 Å². The van der Waals surface area contributed by atoms with Crippen LogP contribution in [0, 0.1) is 0 Å². The Hall–Kier alpha value is -1.70. The summed E-state index contributed by atoms with van der Waals surface area (Å²) in [5, 5.41) is 11.6. The Bertz CT molecular complexity index is 534. The van der Waals surface area contributed by atoms with Crippen LogP contribution in [-0.2, 0) is 0 Å². The van der Waals surface area contributed by atoms with Crippen molar-refractivity contribution < 1.29 is 9.84 Å². The molecule has 0 aliphatic rings. The van der Waals surface area contributed by atoms with Crippen LogP contribution in [0.4, 0.5) is 0 Å². The maximum atomic E-state index is 9.43. The number of ether oxygens (including phenoxy) is 1. The molecule has 0 heterocycles. The van der Waals surface area contributed by atoms with E-state index in [9.17, 15) is 5.11 Å². The molecule has 2 heteroatoms. The molecular formula is C18H24O2. The first-order valence-electron chi connectivity index (χ1n) is 7.65. The lowest BCUT2D eigenvalue weighted by Crippen LogP contribution is -1.97. The van der Waals surface area contributed by atoms with Crippen molar-refractivity contribution in [3.05, 3.63) is 36.4 Å². The summed E-state index contributed by atoms with van der Waals surface area (Å²) in [6.07, 6.45) is 7.67. The van der Waals surface area contributed by atoms with Gasteiger partial charge in [0.05, 0.1) is 6.61 Å².